The van der Waals surface area contributed by atoms with E-state index in [0.717, 1.165) is 11.2 Å². The zero-order chi connectivity index (χ0) is 20.2. The maximum atomic E-state index is 12.4. The lowest BCUT2D eigenvalue weighted by atomic mass is 10.1. The first kappa shape index (κ1) is 21.3. The van der Waals surface area contributed by atoms with Crippen molar-refractivity contribution in [1.29, 1.82) is 0 Å². The summed E-state index contributed by atoms with van der Waals surface area (Å²) in [6.07, 6.45) is -0.694. The second-order valence-electron chi connectivity index (χ2n) is 5.90. The number of benzene rings is 1. The van der Waals surface area contributed by atoms with Crippen molar-refractivity contribution in [2.24, 2.45) is 0 Å². The van der Waals surface area contributed by atoms with E-state index in [4.69, 9.17) is 8.92 Å². The highest BCUT2D eigenvalue weighted by molar-refractivity contribution is 9.09. The smallest absolute Gasteiger partial charge is 0.410 e. The van der Waals surface area contributed by atoms with Crippen LogP contribution in [-0.2, 0) is 30.4 Å². The van der Waals surface area contributed by atoms with E-state index in [0.29, 0.717) is 5.56 Å². The molecule has 1 aliphatic rings. The summed E-state index contributed by atoms with van der Waals surface area (Å²) in [5, 5.41) is 10.6. The van der Waals surface area contributed by atoms with Crippen molar-refractivity contribution < 1.29 is 31.9 Å². The molecule has 148 valence electrons. The Hall–Kier alpha value is -2.05. The van der Waals surface area contributed by atoms with Crippen LogP contribution in [0.25, 0.3) is 0 Å². The average molecular weight is 465 g/mol. The van der Waals surface area contributed by atoms with Gasteiger partial charge < -0.3 is 4.74 Å². The highest BCUT2D eigenvalue weighted by Crippen LogP contribution is 2.24. The van der Waals surface area contributed by atoms with Crippen LogP contribution in [0.2, 0.25) is 0 Å². The van der Waals surface area contributed by atoms with E-state index < -0.39 is 33.3 Å². The monoisotopic (exact) mass is 464 g/mol. The second-order valence-corrected chi connectivity index (χ2v) is 8.07. The lowest BCUT2D eigenvalue weighted by molar-refractivity contribution is -0.384. The van der Waals surface area contributed by atoms with Crippen molar-refractivity contribution in [3.63, 3.8) is 0 Å². The lowest BCUT2D eigenvalue weighted by Gasteiger charge is -2.22. The van der Waals surface area contributed by atoms with Crippen LogP contribution >= 0.6 is 15.9 Å². The molecule has 1 heterocycles. The van der Waals surface area contributed by atoms with Crippen LogP contribution in [0.3, 0.4) is 0 Å². The molecule has 0 aromatic heterocycles. The van der Waals surface area contributed by atoms with Crippen LogP contribution in [0, 0.1) is 10.1 Å². The molecule has 0 unspecified atom stereocenters. The van der Waals surface area contributed by atoms with Crippen molar-refractivity contribution in [3.8, 4) is 0 Å². The minimum absolute atomic E-state index is 0.00457. The van der Waals surface area contributed by atoms with E-state index in [1.165, 1.54) is 24.3 Å². The number of ketones is 1. The van der Waals surface area contributed by atoms with Crippen molar-refractivity contribution in [2.75, 3.05) is 18.1 Å². The highest BCUT2D eigenvalue weighted by atomic mass is 79.9. The number of alkyl halides is 1. The van der Waals surface area contributed by atoms with E-state index in [1.807, 2.05) is 0 Å². The molecule has 1 aromatic carbocycles. The van der Waals surface area contributed by atoms with Gasteiger partial charge in [-0.3, -0.25) is 24.0 Å². The second kappa shape index (κ2) is 8.76. The molecule has 1 aliphatic heterocycles. The van der Waals surface area contributed by atoms with Gasteiger partial charge in [-0.15, -0.1) is 0 Å². The summed E-state index contributed by atoms with van der Waals surface area (Å²) >= 11 is 3.03. The third-order valence-electron chi connectivity index (χ3n) is 3.82. The number of ether oxygens (including phenoxy) is 1. The van der Waals surface area contributed by atoms with Crippen molar-refractivity contribution >= 4 is 43.6 Å². The maximum Gasteiger partial charge on any atom is 0.410 e. The molecule has 0 N–H and O–H groups in total. The Morgan fingerprint density at radius 2 is 1.96 bits per heavy atom. The SMILES string of the molecule is CS(=O)(=O)O[C@@H]1C[C@@H](C(=O)CBr)N(C(=O)OCc2ccc([N+](=O)[O-])cc2)C1. The molecular weight excluding hydrogens is 448 g/mol. The topological polar surface area (TPSA) is 133 Å². The quantitative estimate of drug-likeness (QED) is 0.257. The maximum absolute atomic E-state index is 12.4. The van der Waals surface area contributed by atoms with Gasteiger partial charge in [0.2, 0.25) is 0 Å². The number of amides is 1. The molecule has 10 nitrogen and oxygen atoms in total. The van der Waals surface area contributed by atoms with Gasteiger partial charge in [-0.25, -0.2) is 4.79 Å². The fraction of sp³-hybridized carbons (Fsp3) is 0.467. The van der Waals surface area contributed by atoms with Gasteiger partial charge in [-0.05, 0) is 17.7 Å². The van der Waals surface area contributed by atoms with Crippen LogP contribution in [0.1, 0.15) is 12.0 Å². The predicted molar refractivity (Wildman–Crippen MR) is 96.9 cm³/mol. The van der Waals surface area contributed by atoms with Gasteiger partial charge in [0.05, 0.1) is 35.2 Å². The van der Waals surface area contributed by atoms with Crippen LogP contribution < -0.4 is 0 Å². The summed E-state index contributed by atoms with van der Waals surface area (Å²) in [6, 6.07) is 4.61. The first-order chi connectivity index (χ1) is 12.6. The molecule has 0 aliphatic carbocycles. The molecule has 0 spiro atoms. The fourth-order valence-corrected chi connectivity index (χ4v) is 3.66. The van der Waals surface area contributed by atoms with Crippen molar-refractivity contribution in [1.82, 2.24) is 4.90 Å². The third-order valence-corrected chi connectivity index (χ3v) is 5.00. The lowest BCUT2D eigenvalue weighted by Crippen LogP contribution is -2.41. The van der Waals surface area contributed by atoms with E-state index in [2.05, 4.69) is 15.9 Å². The molecular formula is C15H17BrN2O8S. The molecule has 27 heavy (non-hydrogen) atoms. The minimum atomic E-state index is -3.74. The van der Waals surface area contributed by atoms with Gasteiger partial charge in [0.15, 0.2) is 5.78 Å². The Labute approximate surface area is 163 Å². The van der Waals surface area contributed by atoms with Crippen LogP contribution in [0.15, 0.2) is 24.3 Å². The summed E-state index contributed by atoms with van der Waals surface area (Å²) < 4.78 is 32.6. The van der Waals surface area contributed by atoms with E-state index >= 15 is 0 Å². The number of nitro benzene ring substituents is 1. The van der Waals surface area contributed by atoms with Gasteiger partial charge in [0.1, 0.15) is 6.61 Å². The summed E-state index contributed by atoms with van der Waals surface area (Å²) in [6.45, 7) is -0.254. The van der Waals surface area contributed by atoms with Gasteiger partial charge in [-0.1, -0.05) is 15.9 Å². The Morgan fingerprint density at radius 1 is 1.33 bits per heavy atom. The number of nitrogens with zero attached hydrogens (tertiary/aromatic N) is 2. The van der Waals surface area contributed by atoms with Crippen LogP contribution in [0.5, 0.6) is 0 Å². The number of rotatable bonds is 7. The van der Waals surface area contributed by atoms with Gasteiger partial charge in [0.25, 0.3) is 15.8 Å². The minimum Gasteiger partial charge on any atom is -0.445 e. The van der Waals surface area contributed by atoms with E-state index in [-0.39, 0.29) is 36.4 Å². The Kier molecular flexibility index (Phi) is 6.89. The Morgan fingerprint density at radius 3 is 2.48 bits per heavy atom. The summed E-state index contributed by atoms with van der Waals surface area (Å²) in [4.78, 5) is 35.6. The number of non-ortho nitro benzene ring substituents is 1. The summed E-state index contributed by atoms with van der Waals surface area (Å²) in [5.41, 5.74) is 0.439. The van der Waals surface area contributed by atoms with E-state index in [1.54, 1.807) is 0 Å². The number of carbonyl (C=O) groups is 2. The summed E-state index contributed by atoms with van der Waals surface area (Å²) in [7, 11) is -3.74. The number of halogens is 1. The number of hydrogen-bond donors (Lipinski definition) is 0. The molecule has 0 radical (unpaired) electrons. The van der Waals surface area contributed by atoms with Gasteiger partial charge >= 0.3 is 6.09 Å². The molecule has 0 bridgehead atoms. The average Bonchev–Trinajstić information content (AvgIpc) is 3.01. The van der Waals surface area contributed by atoms with Crippen molar-refractivity contribution in [3.05, 3.63) is 39.9 Å². The molecule has 1 fully saturated rings. The summed E-state index contributed by atoms with van der Waals surface area (Å²) in [5.74, 6) is -0.304. The number of likely N-dealkylation sites (tertiary alicyclic amines) is 1. The molecule has 1 aromatic rings. The zero-order valence-electron chi connectivity index (χ0n) is 14.2. The molecule has 2 rings (SSSR count). The molecule has 2 atom stereocenters. The number of carbonyl (C=O) groups excluding carboxylic acids is 2. The molecule has 12 heteroatoms. The van der Waals surface area contributed by atoms with Crippen LogP contribution in [0.4, 0.5) is 10.5 Å². The molecule has 1 amide bonds. The first-order valence-electron chi connectivity index (χ1n) is 7.74. The standard InChI is InChI=1S/C15H17BrN2O8S/c1-27(23,24)26-12-6-13(14(19)7-16)17(8-12)15(20)25-9-10-2-4-11(5-3-10)18(21)22/h2-5,12-13H,6-9H2,1H3/t12-,13+/m1/s1. The van der Waals surface area contributed by atoms with E-state index in [9.17, 15) is 28.1 Å². The fourth-order valence-electron chi connectivity index (χ4n) is 2.65. The zero-order valence-corrected chi connectivity index (χ0v) is 16.6. The Balaban J connectivity index is 2.03. The molecule has 1 saturated heterocycles. The number of nitro groups is 1. The van der Waals surface area contributed by atoms with Gasteiger partial charge in [0, 0.05) is 18.6 Å². The third kappa shape index (κ3) is 5.97. The normalized spacial score (nSPS) is 19.7. The largest absolute Gasteiger partial charge is 0.445 e. The predicted octanol–water partition coefficient (Wildman–Crippen LogP) is 1.61. The molecule has 0 saturated carbocycles. The first-order valence-corrected chi connectivity index (χ1v) is 10.7. The van der Waals surface area contributed by atoms with Gasteiger partial charge in [-0.2, -0.15) is 8.42 Å². The number of Topliss-reactive ketones (excluding diaryl/α,β-unsaturated/α-hetero) is 1. The van der Waals surface area contributed by atoms with Crippen LogP contribution in [-0.4, -0.2) is 60.4 Å². The van der Waals surface area contributed by atoms with Crippen molar-refractivity contribution in [2.45, 2.75) is 25.2 Å². The highest BCUT2D eigenvalue weighted by Gasteiger charge is 2.41. The number of hydrogen-bond acceptors (Lipinski definition) is 8. The Bertz CT molecular complexity index is 827.